The van der Waals surface area contributed by atoms with E-state index in [2.05, 4.69) is 10.3 Å². The van der Waals surface area contributed by atoms with Crippen LogP contribution in [0.25, 0.3) is 0 Å². The molecule has 1 heterocycles. The highest BCUT2D eigenvalue weighted by Crippen LogP contribution is 2.18. The number of carbonyl (C=O) groups is 1. The maximum atomic E-state index is 13.4. The number of anilines is 1. The molecule has 2 rings (SSSR count). The minimum absolute atomic E-state index is 0.135. The van der Waals surface area contributed by atoms with Crippen molar-refractivity contribution in [3.05, 3.63) is 59.2 Å². The van der Waals surface area contributed by atoms with Crippen molar-refractivity contribution in [3.63, 3.8) is 0 Å². The summed E-state index contributed by atoms with van der Waals surface area (Å²) in [4.78, 5) is 16.0. The first-order valence-corrected chi connectivity index (χ1v) is 5.55. The van der Waals surface area contributed by atoms with Crippen LogP contribution in [0.5, 0.6) is 0 Å². The predicted molar refractivity (Wildman–Crippen MR) is 68.0 cm³/mol. The highest BCUT2D eigenvalue weighted by atomic mass is 19.1. The Balaban J connectivity index is 2.30. The van der Waals surface area contributed by atoms with Gasteiger partial charge in [-0.2, -0.15) is 5.26 Å². The Bertz CT molecular complexity index is 677. The summed E-state index contributed by atoms with van der Waals surface area (Å²) < 4.78 is 13.4. The van der Waals surface area contributed by atoms with E-state index in [1.54, 1.807) is 31.2 Å². The van der Waals surface area contributed by atoms with E-state index in [1.165, 1.54) is 18.2 Å². The summed E-state index contributed by atoms with van der Waals surface area (Å²) in [6.07, 6.45) is 0. The van der Waals surface area contributed by atoms with Gasteiger partial charge in [0.15, 0.2) is 0 Å². The molecule has 0 aliphatic carbocycles. The molecule has 0 spiro atoms. The fourth-order valence-corrected chi connectivity index (χ4v) is 1.60. The number of pyridine rings is 1. The lowest BCUT2D eigenvalue weighted by atomic mass is 10.2. The standard InChI is InChI=1S/C14H10FN3O/c1-9-4-2-7-13(17-9)14(19)18-12-6-3-5-11(15)10(12)8-16/h2-7H,1H3,(H,18,19). The lowest BCUT2D eigenvalue weighted by molar-refractivity contribution is 0.102. The Morgan fingerprint density at radius 3 is 2.74 bits per heavy atom. The number of nitrogens with zero attached hydrogens (tertiary/aromatic N) is 2. The molecule has 0 fully saturated rings. The molecule has 94 valence electrons. The summed E-state index contributed by atoms with van der Waals surface area (Å²) in [6, 6.07) is 10.8. The molecule has 4 nitrogen and oxygen atoms in total. The van der Waals surface area contributed by atoms with Crippen LogP contribution in [0, 0.1) is 24.1 Å². The SMILES string of the molecule is Cc1cccc(C(=O)Nc2cccc(F)c2C#N)n1. The van der Waals surface area contributed by atoms with Crippen LogP contribution in [-0.4, -0.2) is 10.9 Å². The van der Waals surface area contributed by atoms with Gasteiger partial charge in [-0.05, 0) is 31.2 Å². The third kappa shape index (κ3) is 2.75. The highest BCUT2D eigenvalue weighted by Gasteiger charge is 2.12. The molecule has 0 aliphatic rings. The monoisotopic (exact) mass is 255 g/mol. The zero-order valence-corrected chi connectivity index (χ0v) is 10.1. The van der Waals surface area contributed by atoms with Crippen LogP contribution in [0.4, 0.5) is 10.1 Å². The average Bonchev–Trinajstić information content (AvgIpc) is 2.39. The number of aryl methyl sites for hydroxylation is 1. The zero-order chi connectivity index (χ0) is 13.8. The molecule has 5 heteroatoms. The average molecular weight is 255 g/mol. The first-order valence-electron chi connectivity index (χ1n) is 5.55. The van der Waals surface area contributed by atoms with Crippen LogP contribution in [0.3, 0.4) is 0 Å². The summed E-state index contributed by atoms with van der Waals surface area (Å²) in [5.41, 5.74) is 0.861. The van der Waals surface area contributed by atoms with Crippen molar-refractivity contribution in [1.82, 2.24) is 4.98 Å². The van der Waals surface area contributed by atoms with Gasteiger partial charge in [0.05, 0.1) is 5.69 Å². The normalized spacial score (nSPS) is 9.74. The molecule has 0 bridgehead atoms. The molecule has 0 aliphatic heterocycles. The fraction of sp³-hybridized carbons (Fsp3) is 0.0714. The molecule has 1 aromatic carbocycles. The van der Waals surface area contributed by atoms with Crippen LogP contribution < -0.4 is 5.32 Å². The number of benzene rings is 1. The Morgan fingerprint density at radius 1 is 1.32 bits per heavy atom. The second-order valence-electron chi connectivity index (χ2n) is 3.89. The van der Waals surface area contributed by atoms with Gasteiger partial charge in [-0.1, -0.05) is 12.1 Å². The molecule has 0 saturated carbocycles. The van der Waals surface area contributed by atoms with E-state index in [0.29, 0.717) is 5.69 Å². The number of carbonyl (C=O) groups excluding carboxylic acids is 1. The minimum Gasteiger partial charge on any atom is -0.319 e. The van der Waals surface area contributed by atoms with Gasteiger partial charge >= 0.3 is 0 Å². The summed E-state index contributed by atoms with van der Waals surface area (Å²) in [6.45, 7) is 1.76. The van der Waals surface area contributed by atoms with Gasteiger partial charge in [0.25, 0.3) is 5.91 Å². The zero-order valence-electron chi connectivity index (χ0n) is 10.1. The highest BCUT2D eigenvalue weighted by molar-refractivity contribution is 6.03. The van der Waals surface area contributed by atoms with Crippen LogP contribution >= 0.6 is 0 Å². The van der Waals surface area contributed by atoms with Gasteiger partial charge in [0.1, 0.15) is 23.1 Å². The summed E-state index contributed by atoms with van der Waals surface area (Å²) in [5.74, 6) is -1.15. The third-order valence-electron chi connectivity index (χ3n) is 2.49. The molecule has 1 N–H and O–H groups in total. The molecule has 1 aromatic heterocycles. The van der Waals surface area contributed by atoms with Gasteiger partial charge in [-0.25, -0.2) is 9.37 Å². The smallest absolute Gasteiger partial charge is 0.274 e. The first-order chi connectivity index (χ1) is 9.11. The van der Waals surface area contributed by atoms with Crippen molar-refractivity contribution >= 4 is 11.6 Å². The van der Waals surface area contributed by atoms with E-state index >= 15 is 0 Å². The maximum absolute atomic E-state index is 13.4. The number of nitrogens with one attached hydrogen (secondary N) is 1. The molecular weight excluding hydrogens is 245 g/mol. The predicted octanol–water partition coefficient (Wildman–Crippen LogP) is 2.65. The molecule has 0 radical (unpaired) electrons. The molecule has 0 unspecified atom stereocenters. The topological polar surface area (TPSA) is 65.8 Å². The summed E-state index contributed by atoms with van der Waals surface area (Å²) in [7, 11) is 0. The first kappa shape index (κ1) is 12.7. The van der Waals surface area contributed by atoms with E-state index in [-0.39, 0.29) is 16.9 Å². The van der Waals surface area contributed by atoms with Crippen molar-refractivity contribution < 1.29 is 9.18 Å². The number of amides is 1. The van der Waals surface area contributed by atoms with E-state index in [4.69, 9.17) is 5.26 Å². The number of aromatic nitrogens is 1. The Kier molecular flexibility index (Phi) is 3.53. The Labute approximate surface area is 109 Å². The van der Waals surface area contributed by atoms with Crippen molar-refractivity contribution in [1.29, 1.82) is 5.26 Å². The largest absolute Gasteiger partial charge is 0.319 e. The Hall–Kier alpha value is -2.74. The lowest BCUT2D eigenvalue weighted by Gasteiger charge is -2.07. The van der Waals surface area contributed by atoms with Crippen molar-refractivity contribution in [2.75, 3.05) is 5.32 Å². The number of halogens is 1. The summed E-state index contributed by atoms with van der Waals surface area (Å²) >= 11 is 0. The molecular formula is C14H10FN3O. The van der Waals surface area contributed by atoms with Crippen LogP contribution in [0.2, 0.25) is 0 Å². The van der Waals surface area contributed by atoms with Crippen LogP contribution in [-0.2, 0) is 0 Å². The number of hydrogen-bond acceptors (Lipinski definition) is 3. The lowest BCUT2D eigenvalue weighted by Crippen LogP contribution is -2.15. The molecule has 0 atom stereocenters. The Morgan fingerprint density at radius 2 is 2.05 bits per heavy atom. The van der Waals surface area contributed by atoms with Gasteiger partial charge in [-0.3, -0.25) is 4.79 Å². The van der Waals surface area contributed by atoms with Crippen molar-refractivity contribution in [2.24, 2.45) is 0 Å². The van der Waals surface area contributed by atoms with Crippen LogP contribution in [0.1, 0.15) is 21.7 Å². The molecule has 1 amide bonds. The van der Waals surface area contributed by atoms with Gasteiger partial charge in [0, 0.05) is 5.69 Å². The number of nitriles is 1. The van der Waals surface area contributed by atoms with Gasteiger partial charge in [-0.15, -0.1) is 0 Å². The minimum atomic E-state index is -0.669. The van der Waals surface area contributed by atoms with E-state index in [1.807, 2.05) is 0 Å². The van der Waals surface area contributed by atoms with E-state index in [9.17, 15) is 9.18 Å². The fourth-order valence-electron chi connectivity index (χ4n) is 1.60. The molecule has 19 heavy (non-hydrogen) atoms. The van der Waals surface area contributed by atoms with E-state index in [0.717, 1.165) is 0 Å². The van der Waals surface area contributed by atoms with Crippen LogP contribution in [0.15, 0.2) is 36.4 Å². The third-order valence-corrected chi connectivity index (χ3v) is 2.49. The quantitative estimate of drug-likeness (QED) is 0.897. The second-order valence-corrected chi connectivity index (χ2v) is 3.89. The number of hydrogen-bond donors (Lipinski definition) is 1. The van der Waals surface area contributed by atoms with Crippen molar-refractivity contribution in [2.45, 2.75) is 6.92 Å². The molecule has 2 aromatic rings. The van der Waals surface area contributed by atoms with E-state index < -0.39 is 11.7 Å². The number of rotatable bonds is 2. The van der Waals surface area contributed by atoms with Crippen molar-refractivity contribution in [3.8, 4) is 6.07 Å². The molecule has 0 saturated heterocycles. The maximum Gasteiger partial charge on any atom is 0.274 e. The summed E-state index contributed by atoms with van der Waals surface area (Å²) in [5, 5.41) is 11.4. The van der Waals surface area contributed by atoms with Gasteiger partial charge < -0.3 is 5.32 Å². The second kappa shape index (κ2) is 5.27. The van der Waals surface area contributed by atoms with Gasteiger partial charge in [0.2, 0.25) is 0 Å².